The van der Waals surface area contributed by atoms with E-state index in [4.69, 9.17) is 16.3 Å². The van der Waals surface area contributed by atoms with E-state index in [1.807, 2.05) is 24.3 Å². The van der Waals surface area contributed by atoms with Gasteiger partial charge in [-0.1, -0.05) is 35.9 Å². The minimum absolute atomic E-state index is 0.0696. The molecule has 0 spiro atoms. The predicted octanol–water partition coefficient (Wildman–Crippen LogP) is 3.36. The van der Waals surface area contributed by atoms with Crippen LogP contribution in [0, 0.1) is 0 Å². The number of benzene rings is 2. The highest BCUT2D eigenvalue weighted by atomic mass is 35.5. The molecule has 1 N–H and O–H groups in total. The molecule has 0 fully saturated rings. The van der Waals surface area contributed by atoms with E-state index in [2.05, 4.69) is 5.32 Å². The first-order valence-electron chi connectivity index (χ1n) is 10.3. The van der Waals surface area contributed by atoms with Crippen molar-refractivity contribution in [1.82, 2.24) is 9.80 Å². The molecular formula is C23H23ClF3N3O4. The van der Waals surface area contributed by atoms with Crippen LogP contribution < -0.4 is 5.32 Å². The molecule has 2 aromatic rings. The van der Waals surface area contributed by atoms with Gasteiger partial charge in [-0.2, -0.15) is 13.2 Å². The van der Waals surface area contributed by atoms with Gasteiger partial charge in [0.2, 0.25) is 11.8 Å². The molecular weight excluding hydrogens is 475 g/mol. The summed E-state index contributed by atoms with van der Waals surface area (Å²) < 4.78 is 43.9. The number of fused-ring (bicyclic) bond motifs is 1. The normalized spacial score (nSPS) is 15.6. The van der Waals surface area contributed by atoms with Crippen molar-refractivity contribution in [3.8, 4) is 0 Å². The molecule has 1 atom stereocenters. The molecule has 1 unspecified atom stereocenters. The standard InChI is InChI=1S/C23H23ClF3N3O4/c1-29(12-20(31)28-16-7-8-18(24)17(10-16)23(25,26)27)13-21(32)30-11-15-6-4-3-5-14(15)9-19(30)22(33)34-2/h3-8,10,19H,9,11-13H2,1-2H3,(H,28,31). The molecule has 1 heterocycles. The number of alkyl halides is 3. The van der Waals surface area contributed by atoms with Crippen molar-refractivity contribution in [2.45, 2.75) is 25.2 Å². The fourth-order valence-electron chi connectivity index (χ4n) is 3.78. The average Bonchev–Trinajstić information content (AvgIpc) is 2.77. The molecule has 182 valence electrons. The fourth-order valence-corrected chi connectivity index (χ4v) is 4.00. The van der Waals surface area contributed by atoms with Crippen LogP contribution in [0.1, 0.15) is 16.7 Å². The third-order valence-electron chi connectivity index (χ3n) is 5.42. The van der Waals surface area contributed by atoms with Gasteiger partial charge in [-0.3, -0.25) is 14.5 Å². The predicted molar refractivity (Wildman–Crippen MR) is 119 cm³/mol. The Bertz CT molecular complexity index is 1090. The zero-order valence-electron chi connectivity index (χ0n) is 18.5. The number of ether oxygens (including phenoxy) is 1. The Balaban J connectivity index is 1.64. The van der Waals surface area contributed by atoms with E-state index >= 15 is 0 Å². The highest BCUT2D eigenvalue weighted by Crippen LogP contribution is 2.36. The Morgan fingerprint density at radius 2 is 1.82 bits per heavy atom. The number of hydrogen-bond acceptors (Lipinski definition) is 5. The SMILES string of the molecule is COC(=O)C1Cc2ccccc2CN1C(=O)CN(C)CC(=O)Nc1ccc(Cl)c(C(F)(F)F)c1. The second-order valence-electron chi connectivity index (χ2n) is 7.95. The number of esters is 1. The van der Waals surface area contributed by atoms with Crippen molar-refractivity contribution < 1.29 is 32.3 Å². The molecule has 34 heavy (non-hydrogen) atoms. The summed E-state index contributed by atoms with van der Waals surface area (Å²) in [5, 5.41) is 1.90. The van der Waals surface area contributed by atoms with Gasteiger partial charge in [0.25, 0.3) is 0 Å². The Hall–Kier alpha value is -3.11. The number of rotatable bonds is 6. The van der Waals surface area contributed by atoms with Gasteiger partial charge in [-0.05, 0) is 36.4 Å². The van der Waals surface area contributed by atoms with E-state index in [9.17, 15) is 27.6 Å². The number of hydrogen-bond donors (Lipinski definition) is 1. The third kappa shape index (κ3) is 6.06. The highest BCUT2D eigenvalue weighted by molar-refractivity contribution is 6.31. The van der Waals surface area contributed by atoms with Crippen LogP contribution >= 0.6 is 11.6 Å². The fraction of sp³-hybridized carbons (Fsp3) is 0.348. The van der Waals surface area contributed by atoms with Gasteiger partial charge >= 0.3 is 12.1 Å². The van der Waals surface area contributed by atoms with Crippen LogP contribution in [0.25, 0.3) is 0 Å². The monoisotopic (exact) mass is 497 g/mol. The number of methoxy groups -OCH3 is 1. The molecule has 1 aliphatic rings. The summed E-state index contributed by atoms with van der Waals surface area (Å²) in [4.78, 5) is 40.5. The van der Waals surface area contributed by atoms with Crippen LogP contribution in [-0.2, 0) is 38.3 Å². The van der Waals surface area contributed by atoms with Crippen molar-refractivity contribution in [2.24, 2.45) is 0 Å². The van der Waals surface area contributed by atoms with Crippen LogP contribution in [0.3, 0.4) is 0 Å². The lowest BCUT2D eigenvalue weighted by Gasteiger charge is -2.36. The number of anilines is 1. The van der Waals surface area contributed by atoms with Crippen LogP contribution in [0.5, 0.6) is 0 Å². The Morgan fingerprint density at radius 1 is 1.15 bits per heavy atom. The molecule has 0 aromatic heterocycles. The van der Waals surface area contributed by atoms with Crippen LogP contribution in [0.4, 0.5) is 18.9 Å². The smallest absolute Gasteiger partial charge is 0.417 e. The number of amides is 2. The summed E-state index contributed by atoms with van der Waals surface area (Å²) in [6.45, 7) is -0.222. The lowest BCUT2D eigenvalue weighted by molar-refractivity contribution is -0.154. The van der Waals surface area contributed by atoms with Gasteiger partial charge in [0, 0.05) is 18.7 Å². The summed E-state index contributed by atoms with van der Waals surface area (Å²) in [5.74, 6) is -1.53. The molecule has 0 saturated carbocycles. The number of carbonyl (C=O) groups is 3. The van der Waals surface area contributed by atoms with E-state index in [1.165, 1.54) is 30.0 Å². The zero-order chi connectivity index (χ0) is 25.0. The van der Waals surface area contributed by atoms with E-state index in [0.717, 1.165) is 23.3 Å². The second kappa shape index (κ2) is 10.4. The van der Waals surface area contributed by atoms with Crippen molar-refractivity contribution in [2.75, 3.05) is 32.6 Å². The molecule has 1 aliphatic heterocycles. The number of likely N-dealkylation sites (N-methyl/N-ethyl adjacent to an activating group) is 1. The van der Waals surface area contributed by atoms with E-state index in [1.54, 1.807) is 0 Å². The average molecular weight is 498 g/mol. The van der Waals surface area contributed by atoms with Gasteiger partial charge in [0.05, 0.1) is 30.8 Å². The second-order valence-corrected chi connectivity index (χ2v) is 8.35. The molecule has 2 amide bonds. The maximum atomic E-state index is 13.0. The molecule has 3 rings (SSSR count). The number of carbonyl (C=O) groups excluding carboxylic acids is 3. The maximum absolute atomic E-state index is 13.0. The molecule has 0 saturated heterocycles. The summed E-state index contributed by atoms with van der Waals surface area (Å²) in [7, 11) is 2.77. The largest absolute Gasteiger partial charge is 0.467 e. The van der Waals surface area contributed by atoms with Gasteiger partial charge < -0.3 is 15.0 Å². The van der Waals surface area contributed by atoms with E-state index in [-0.39, 0.29) is 31.2 Å². The quantitative estimate of drug-likeness (QED) is 0.619. The zero-order valence-corrected chi connectivity index (χ0v) is 19.2. The molecule has 0 aliphatic carbocycles. The lowest BCUT2D eigenvalue weighted by Crippen LogP contribution is -2.52. The lowest BCUT2D eigenvalue weighted by atomic mass is 9.94. The summed E-state index contributed by atoms with van der Waals surface area (Å²) >= 11 is 5.59. The number of halogens is 4. The minimum Gasteiger partial charge on any atom is -0.467 e. The molecule has 2 aromatic carbocycles. The first kappa shape index (κ1) is 25.5. The summed E-state index contributed by atoms with van der Waals surface area (Å²) in [6.07, 6.45) is -4.35. The van der Waals surface area contributed by atoms with Crippen LogP contribution in [0.15, 0.2) is 42.5 Å². The van der Waals surface area contributed by atoms with Crippen LogP contribution in [-0.4, -0.2) is 60.9 Å². The van der Waals surface area contributed by atoms with Gasteiger partial charge in [-0.15, -0.1) is 0 Å². The minimum atomic E-state index is -4.66. The third-order valence-corrected chi connectivity index (χ3v) is 5.75. The maximum Gasteiger partial charge on any atom is 0.417 e. The van der Waals surface area contributed by atoms with Crippen molar-refractivity contribution in [1.29, 1.82) is 0 Å². The van der Waals surface area contributed by atoms with E-state index < -0.39 is 34.7 Å². The van der Waals surface area contributed by atoms with Crippen molar-refractivity contribution >= 4 is 35.1 Å². The first-order chi connectivity index (χ1) is 16.0. The summed E-state index contributed by atoms with van der Waals surface area (Å²) in [5.41, 5.74) is 0.741. The summed E-state index contributed by atoms with van der Waals surface area (Å²) in [6, 6.07) is 9.74. The first-order valence-corrected chi connectivity index (χ1v) is 10.7. The number of nitrogens with one attached hydrogen (secondary N) is 1. The van der Waals surface area contributed by atoms with Crippen LogP contribution in [0.2, 0.25) is 5.02 Å². The molecule has 0 radical (unpaired) electrons. The van der Waals surface area contributed by atoms with Crippen molar-refractivity contribution in [3.63, 3.8) is 0 Å². The topological polar surface area (TPSA) is 79.0 Å². The molecule has 11 heteroatoms. The van der Waals surface area contributed by atoms with E-state index in [0.29, 0.717) is 6.42 Å². The Labute approximate surface area is 199 Å². The Morgan fingerprint density at radius 3 is 2.47 bits per heavy atom. The Kier molecular flexibility index (Phi) is 7.83. The number of nitrogens with zero attached hydrogens (tertiary/aromatic N) is 2. The van der Waals surface area contributed by atoms with Gasteiger partial charge in [0.1, 0.15) is 6.04 Å². The van der Waals surface area contributed by atoms with Gasteiger partial charge in [0.15, 0.2) is 0 Å². The van der Waals surface area contributed by atoms with Gasteiger partial charge in [-0.25, -0.2) is 4.79 Å². The molecule has 7 nitrogen and oxygen atoms in total. The highest BCUT2D eigenvalue weighted by Gasteiger charge is 2.36. The molecule has 0 bridgehead atoms. The van der Waals surface area contributed by atoms with Crippen molar-refractivity contribution in [3.05, 3.63) is 64.2 Å².